The van der Waals surface area contributed by atoms with Crippen molar-refractivity contribution in [2.24, 2.45) is 5.92 Å². The first-order valence-electron chi connectivity index (χ1n) is 5.49. The quantitative estimate of drug-likeness (QED) is 0.756. The molecule has 0 bridgehead atoms. The zero-order valence-corrected chi connectivity index (χ0v) is 9.95. The minimum atomic E-state index is 0.0921. The fraction of sp³-hybridized carbons (Fsp3) is 0.538. The van der Waals surface area contributed by atoms with Crippen LogP contribution in [0.3, 0.4) is 0 Å². The highest BCUT2D eigenvalue weighted by Gasteiger charge is 2.10. The van der Waals surface area contributed by atoms with Crippen LogP contribution in [0.5, 0.6) is 0 Å². The second-order valence-electron chi connectivity index (χ2n) is 4.51. The molecule has 2 nitrogen and oxygen atoms in total. The van der Waals surface area contributed by atoms with Gasteiger partial charge in [0, 0.05) is 23.7 Å². The molecule has 1 rings (SSSR count). The molecule has 0 aromatic carbocycles. The van der Waals surface area contributed by atoms with Crippen LogP contribution in [0, 0.1) is 5.92 Å². The predicted octanol–water partition coefficient (Wildman–Crippen LogP) is 2.97. The molecule has 0 spiro atoms. The first kappa shape index (κ1) is 11.9. The molecule has 82 valence electrons. The van der Waals surface area contributed by atoms with Crippen LogP contribution in [0.25, 0.3) is 0 Å². The fourth-order valence-electron chi connectivity index (χ4n) is 1.30. The summed E-state index contributed by atoms with van der Waals surface area (Å²) >= 11 is 0. The van der Waals surface area contributed by atoms with Crippen LogP contribution in [0.1, 0.15) is 45.0 Å². The number of rotatable bonds is 4. The zero-order valence-electron chi connectivity index (χ0n) is 9.95. The van der Waals surface area contributed by atoms with Gasteiger partial charge in [-0.25, -0.2) is 0 Å². The summed E-state index contributed by atoms with van der Waals surface area (Å²) < 4.78 is 0. The molecule has 0 atom stereocenters. The number of carbonyl (C=O) groups excluding carboxylic acids is 1. The van der Waals surface area contributed by atoms with E-state index in [1.807, 2.05) is 32.0 Å². The van der Waals surface area contributed by atoms with E-state index in [9.17, 15) is 4.79 Å². The summed E-state index contributed by atoms with van der Waals surface area (Å²) in [6.45, 7) is 8.07. The Hall–Kier alpha value is -1.18. The first-order valence-corrected chi connectivity index (χ1v) is 5.49. The van der Waals surface area contributed by atoms with Gasteiger partial charge in [0.1, 0.15) is 5.78 Å². The van der Waals surface area contributed by atoms with Crippen LogP contribution in [0.2, 0.25) is 0 Å². The maximum atomic E-state index is 11.6. The van der Waals surface area contributed by atoms with Crippen LogP contribution < -0.4 is 0 Å². The van der Waals surface area contributed by atoms with Gasteiger partial charge in [-0.1, -0.05) is 33.8 Å². The molecular formula is C13H19NO. The Morgan fingerprint density at radius 2 is 1.93 bits per heavy atom. The molecule has 2 heteroatoms. The van der Waals surface area contributed by atoms with Crippen molar-refractivity contribution < 1.29 is 4.79 Å². The van der Waals surface area contributed by atoms with Crippen molar-refractivity contribution in [1.29, 1.82) is 0 Å². The molecule has 0 unspecified atom stereocenters. The van der Waals surface area contributed by atoms with Crippen LogP contribution >= 0.6 is 0 Å². The van der Waals surface area contributed by atoms with Crippen molar-refractivity contribution in [3.05, 3.63) is 29.6 Å². The zero-order chi connectivity index (χ0) is 11.4. The van der Waals surface area contributed by atoms with Crippen LogP contribution in [-0.4, -0.2) is 10.8 Å². The molecule has 0 radical (unpaired) electrons. The van der Waals surface area contributed by atoms with Crippen molar-refractivity contribution in [3.63, 3.8) is 0 Å². The van der Waals surface area contributed by atoms with Crippen LogP contribution in [-0.2, 0) is 11.2 Å². The fourth-order valence-corrected chi connectivity index (χ4v) is 1.30. The van der Waals surface area contributed by atoms with Crippen LogP contribution in [0.15, 0.2) is 18.2 Å². The van der Waals surface area contributed by atoms with Crippen molar-refractivity contribution in [2.75, 3.05) is 0 Å². The van der Waals surface area contributed by atoms with E-state index in [0.29, 0.717) is 12.3 Å². The number of nitrogens with zero attached hydrogens (tertiary/aromatic N) is 1. The van der Waals surface area contributed by atoms with Crippen molar-refractivity contribution in [1.82, 2.24) is 4.98 Å². The second-order valence-corrected chi connectivity index (χ2v) is 4.51. The second kappa shape index (κ2) is 5.06. The van der Waals surface area contributed by atoms with Crippen molar-refractivity contribution in [2.45, 2.75) is 40.0 Å². The Kier molecular flexibility index (Phi) is 4.01. The third kappa shape index (κ3) is 3.46. The van der Waals surface area contributed by atoms with Gasteiger partial charge in [-0.15, -0.1) is 0 Å². The molecule has 0 saturated heterocycles. The number of aromatic nitrogens is 1. The van der Waals surface area contributed by atoms with E-state index in [4.69, 9.17) is 0 Å². The molecule has 0 N–H and O–H groups in total. The van der Waals surface area contributed by atoms with E-state index in [2.05, 4.69) is 18.8 Å². The summed E-state index contributed by atoms with van der Waals surface area (Å²) in [5.74, 6) is 0.761. The van der Waals surface area contributed by atoms with Gasteiger partial charge in [-0.05, 0) is 18.1 Å². The Morgan fingerprint density at radius 1 is 1.27 bits per heavy atom. The molecular weight excluding hydrogens is 186 g/mol. The topological polar surface area (TPSA) is 30.0 Å². The number of ketones is 1. The van der Waals surface area contributed by atoms with Crippen LogP contribution in [0.4, 0.5) is 0 Å². The lowest BCUT2D eigenvalue weighted by atomic mass is 10.0. The monoisotopic (exact) mass is 205 g/mol. The Bertz CT molecular complexity index is 342. The van der Waals surface area contributed by atoms with Gasteiger partial charge >= 0.3 is 0 Å². The third-order valence-corrected chi connectivity index (χ3v) is 2.42. The van der Waals surface area contributed by atoms with Gasteiger partial charge in [0.05, 0.1) is 0 Å². The molecule has 0 amide bonds. The lowest BCUT2D eigenvalue weighted by molar-refractivity contribution is -0.121. The largest absolute Gasteiger partial charge is 0.299 e. The number of carbonyl (C=O) groups is 1. The van der Waals surface area contributed by atoms with E-state index in [-0.39, 0.29) is 11.7 Å². The predicted molar refractivity (Wildman–Crippen MR) is 61.9 cm³/mol. The maximum absolute atomic E-state index is 11.6. The number of hydrogen-bond acceptors (Lipinski definition) is 2. The Morgan fingerprint density at radius 3 is 2.47 bits per heavy atom. The standard InChI is InChI=1S/C13H19NO/c1-9(2)12-7-5-6-11(14-12)8-13(15)10(3)4/h5-7,9-10H,8H2,1-4H3. The summed E-state index contributed by atoms with van der Waals surface area (Å²) in [5, 5.41) is 0. The van der Waals surface area contributed by atoms with E-state index in [1.54, 1.807) is 0 Å². The van der Waals surface area contributed by atoms with Gasteiger partial charge in [-0.3, -0.25) is 9.78 Å². The molecule has 1 heterocycles. The van der Waals surface area contributed by atoms with Gasteiger partial charge in [0.15, 0.2) is 0 Å². The average molecular weight is 205 g/mol. The average Bonchev–Trinajstić information content (AvgIpc) is 2.18. The van der Waals surface area contributed by atoms with Gasteiger partial charge in [-0.2, -0.15) is 0 Å². The highest BCUT2D eigenvalue weighted by atomic mass is 16.1. The molecule has 15 heavy (non-hydrogen) atoms. The smallest absolute Gasteiger partial charge is 0.141 e. The Labute approximate surface area is 91.7 Å². The maximum Gasteiger partial charge on any atom is 0.141 e. The molecule has 0 aliphatic carbocycles. The number of pyridine rings is 1. The van der Waals surface area contributed by atoms with E-state index in [0.717, 1.165) is 11.4 Å². The van der Waals surface area contributed by atoms with Gasteiger partial charge < -0.3 is 0 Å². The summed E-state index contributed by atoms with van der Waals surface area (Å²) in [6, 6.07) is 5.91. The van der Waals surface area contributed by atoms with E-state index in [1.165, 1.54) is 0 Å². The highest BCUT2D eigenvalue weighted by Crippen LogP contribution is 2.12. The van der Waals surface area contributed by atoms with E-state index < -0.39 is 0 Å². The lowest BCUT2D eigenvalue weighted by Gasteiger charge is -2.07. The normalized spacial score (nSPS) is 11.1. The van der Waals surface area contributed by atoms with E-state index >= 15 is 0 Å². The number of Topliss-reactive ketones (excluding diaryl/α,β-unsaturated/α-hetero) is 1. The minimum absolute atomic E-state index is 0.0921. The van der Waals surface area contributed by atoms with Crippen molar-refractivity contribution in [3.8, 4) is 0 Å². The summed E-state index contributed by atoms with van der Waals surface area (Å²) in [5.41, 5.74) is 1.95. The lowest BCUT2D eigenvalue weighted by Crippen LogP contribution is -2.11. The Balaban J connectivity index is 2.78. The van der Waals surface area contributed by atoms with Crippen molar-refractivity contribution >= 4 is 5.78 Å². The minimum Gasteiger partial charge on any atom is -0.299 e. The van der Waals surface area contributed by atoms with Gasteiger partial charge in [0.25, 0.3) is 0 Å². The summed E-state index contributed by atoms with van der Waals surface area (Å²) in [7, 11) is 0. The highest BCUT2D eigenvalue weighted by molar-refractivity contribution is 5.82. The summed E-state index contributed by atoms with van der Waals surface area (Å²) in [4.78, 5) is 16.0. The van der Waals surface area contributed by atoms with Gasteiger partial charge in [0.2, 0.25) is 0 Å². The summed E-state index contributed by atoms with van der Waals surface area (Å²) in [6.07, 6.45) is 0.457. The molecule has 0 fully saturated rings. The molecule has 0 saturated carbocycles. The molecule has 1 aromatic heterocycles. The molecule has 0 aliphatic rings. The molecule has 0 aliphatic heterocycles. The molecule has 1 aromatic rings. The third-order valence-electron chi connectivity index (χ3n) is 2.42. The SMILES string of the molecule is CC(C)C(=O)Cc1cccc(C(C)C)n1. The first-order chi connectivity index (χ1) is 7.00. The number of hydrogen-bond donors (Lipinski definition) is 0.